The van der Waals surface area contributed by atoms with Gasteiger partial charge in [0.15, 0.2) is 0 Å². The Kier molecular flexibility index (Phi) is 3.94. The largest absolute Gasteiger partial charge is 0.313 e. The molecule has 0 amide bonds. The molecule has 1 saturated heterocycles. The highest BCUT2D eigenvalue weighted by Gasteiger charge is 2.21. The molecule has 1 aromatic carbocycles. The molecule has 4 nitrogen and oxygen atoms in total. The molecule has 0 radical (unpaired) electrons. The summed E-state index contributed by atoms with van der Waals surface area (Å²) in [6.45, 7) is 6.72. The van der Waals surface area contributed by atoms with Gasteiger partial charge in [-0.1, -0.05) is 12.5 Å². The summed E-state index contributed by atoms with van der Waals surface area (Å²) in [6.07, 6.45) is 3.85. The van der Waals surface area contributed by atoms with E-state index in [-0.39, 0.29) is 0 Å². The molecular weight excluding hydrogens is 260 g/mol. The highest BCUT2D eigenvalue weighted by atomic mass is 15.2. The molecule has 1 aliphatic heterocycles. The number of piperidine rings is 1. The highest BCUT2D eigenvalue weighted by Crippen LogP contribution is 2.22. The van der Waals surface area contributed by atoms with Crippen molar-refractivity contribution in [2.24, 2.45) is 0 Å². The third-order valence-corrected chi connectivity index (χ3v) is 4.50. The van der Waals surface area contributed by atoms with Gasteiger partial charge in [0.2, 0.25) is 0 Å². The number of likely N-dealkylation sites (tertiary alicyclic amines) is 1. The second-order valence-corrected chi connectivity index (χ2v) is 6.08. The van der Waals surface area contributed by atoms with Gasteiger partial charge in [-0.25, -0.2) is 4.98 Å². The van der Waals surface area contributed by atoms with Crippen LogP contribution in [0.5, 0.6) is 0 Å². The van der Waals surface area contributed by atoms with Crippen LogP contribution in [0.2, 0.25) is 0 Å². The predicted octanol–water partition coefficient (Wildman–Crippen LogP) is 3.24. The van der Waals surface area contributed by atoms with Crippen LogP contribution in [0.3, 0.4) is 0 Å². The fourth-order valence-electron chi connectivity index (χ4n) is 3.23. The summed E-state index contributed by atoms with van der Waals surface area (Å²) in [5, 5.41) is 9.12. The number of nitriles is 1. The molecule has 1 fully saturated rings. The number of hydrogen-bond acceptors (Lipinski definition) is 3. The van der Waals surface area contributed by atoms with Crippen LogP contribution in [0.25, 0.3) is 11.0 Å². The van der Waals surface area contributed by atoms with Gasteiger partial charge in [-0.15, -0.1) is 0 Å². The predicted molar refractivity (Wildman–Crippen MR) is 83.8 cm³/mol. The van der Waals surface area contributed by atoms with E-state index in [0.717, 1.165) is 29.9 Å². The average Bonchev–Trinajstić information content (AvgIpc) is 2.79. The summed E-state index contributed by atoms with van der Waals surface area (Å²) in [4.78, 5) is 7.28. The van der Waals surface area contributed by atoms with Crippen LogP contribution in [0.4, 0.5) is 0 Å². The third kappa shape index (κ3) is 2.79. The van der Waals surface area contributed by atoms with E-state index in [9.17, 15) is 0 Å². The van der Waals surface area contributed by atoms with Gasteiger partial charge in [-0.2, -0.15) is 5.26 Å². The van der Waals surface area contributed by atoms with E-state index in [0.29, 0.717) is 12.6 Å². The summed E-state index contributed by atoms with van der Waals surface area (Å²) in [5.74, 6) is 1.02. The fourth-order valence-corrected chi connectivity index (χ4v) is 3.23. The first-order chi connectivity index (χ1) is 10.2. The van der Waals surface area contributed by atoms with Crippen LogP contribution in [-0.2, 0) is 13.1 Å². The lowest BCUT2D eigenvalue weighted by atomic mass is 10.0. The van der Waals surface area contributed by atoms with E-state index in [1.54, 1.807) is 0 Å². The number of benzene rings is 1. The lowest BCUT2D eigenvalue weighted by molar-refractivity contribution is 0.147. The fraction of sp³-hybridized carbons (Fsp3) is 0.529. The van der Waals surface area contributed by atoms with Crippen molar-refractivity contribution >= 4 is 11.0 Å². The summed E-state index contributed by atoms with van der Waals surface area (Å²) < 4.78 is 2.07. The topological polar surface area (TPSA) is 44.9 Å². The number of fused-ring (bicyclic) bond motifs is 1. The third-order valence-electron chi connectivity index (χ3n) is 4.50. The van der Waals surface area contributed by atoms with Crippen molar-refractivity contribution in [2.45, 2.75) is 52.2 Å². The Morgan fingerprint density at radius 1 is 1.38 bits per heavy atom. The van der Waals surface area contributed by atoms with Gasteiger partial charge in [0.25, 0.3) is 0 Å². The molecule has 0 spiro atoms. The normalized spacial score (nSPS) is 19.8. The number of nitrogens with zero attached hydrogens (tertiary/aromatic N) is 4. The van der Waals surface area contributed by atoms with Gasteiger partial charge < -0.3 is 4.57 Å². The van der Waals surface area contributed by atoms with Gasteiger partial charge in [0, 0.05) is 6.04 Å². The summed E-state index contributed by atoms with van der Waals surface area (Å²) in [6, 6.07) is 9.15. The molecule has 1 aromatic heterocycles. The van der Waals surface area contributed by atoms with Crippen LogP contribution >= 0.6 is 0 Å². The minimum Gasteiger partial charge on any atom is -0.313 e. The van der Waals surface area contributed by atoms with Crippen molar-refractivity contribution in [2.75, 3.05) is 6.54 Å². The van der Waals surface area contributed by atoms with Gasteiger partial charge in [-0.05, 0) is 50.9 Å². The van der Waals surface area contributed by atoms with Crippen molar-refractivity contribution in [3.63, 3.8) is 0 Å². The van der Waals surface area contributed by atoms with Crippen molar-refractivity contribution < 1.29 is 0 Å². The van der Waals surface area contributed by atoms with Crippen LogP contribution in [0, 0.1) is 18.3 Å². The first-order valence-electron chi connectivity index (χ1n) is 7.76. The molecular formula is C17H22N4. The minimum atomic E-state index is 0.372. The Morgan fingerprint density at radius 3 is 3.00 bits per heavy atom. The van der Waals surface area contributed by atoms with Gasteiger partial charge in [0.05, 0.1) is 23.6 Å². The van der Waals surface area contributed by atoms with E-state index in [2.05, 4.69) is 47.6 Å². The molecule has 4 heteroatoms. The quantitative estimate of drug-likeness (QED) is 0.868. The molecule has 21 heavy (non-hydrogen) atoms. The first-order valence-corrected chi connectivity index (χ1v) is 7.76. The number of imidazole rings is 1. The van der Waals surface area contributed by atoms with Gasteiger partial charge in [-0.3, -0.25) is 4.90 Å². The molecule has 2 heterocycles. The van der Waals surface area contributed by atoms with Crippen LogP contribution in [0.15, 0.2) is 18.2 Å². The van der Waals surface area contributed by atoms with Crippen LogP contribution < -0.4 is 0 Å². The van der Waals surface area contributed by atoms with Crippen molar-refractivity contribution in [3.05, 3.63) is 29.6 Å². The SMILES string of the molecule is Cc1ccc2c(c1)nc(CN1CCCCC1C)n2CC#N. The Hall–Kier alpha value is -1.86. The molecule has 0 N–H and O–H groups in total. The summed E-state index contributed by atoms with van der Waals surface area (Å²) in [5.41, 5.74) is 3.29. The number of rotatable bonds is 3. The number of aromatic nitrogens is 2. The first kappa shape index (κ1) is 14.1. The molecule has 1 unspecified atom stereocenters. The zero-order valence-electron chi connectivity index (χ0n) is 12.8. The maximum Gasteiger partial charge on any atom is 0.125 e. The lowest BCUT2D eigenvalue weighted by Crippen LogP contribution is -2.37. The minimum absolute atomic E-state index is 0.372. The Bertz CT molecular complexity index is 680. The van der Waals surface area contributed by atoms with Crippen molar-refractivity contribution in [1.82, 2.24) is 14.5 Å². The molecule has 2 aromatic rings. The monoisotopic (exact) mass is 282 g/mol. The molecule has 1 aliphatic rings. The summed E-state index contributed by atoms with van der Waals surface area (Å²) in [7, 11) is 0. The number of hydrogen-bond donors (Lipinski definition) is 0. The zero-order chi connectivity index (χ0) is 14.8. The molecule has 0 bridgehead atoms. The summed E-state index contributed by atoms with van der Waals surface area (Å²) >= 11 is 0. The second-order valence-electron chi connectivity index (χ2n) is 6.08. The highest BCUT2D eigenvalue weighted by molar-refractivity contribution is 5.77. The van der Waals surface area contributed by atoms with Gasteiger partial charge in [0.1, 0.15) is 12.4 Å². The van der Waals surface area contributed by atoms with E-state index in [1.807, 2.05) is 0 Å². The standard InChI is InChI=1S/C17H22N4/c1-13-6-7-16-15(11-13)19-17(21(16)10-8-18)12-20-9-4-3-5-14(20)2/h6-7,11,14H,3-5,9-10,12H2,1-2H3. The van der Waals surface area contributed by atoms with E-state index < -0.39 is 0 Å². The van der Waals surface area contributed by atoms with Crippen molar-refractivity contribution in [3.8, 4) is 6.07 Å². The van der Waals surface area contributed by atoms with Gasteiger partial charge >= 0.3 is 0 Å². The van der Waals surface area contributed by atoms with Crippen LogP contribution in [-0.4, -0.2) is 27.0 Å². The number of aryl methyl sites for hydroxylation is 1. The maximum absolute atomic E-state index is 9.12. The van der Waals surface area contributed by atoms with Crippen LogP contribution in [0.1, 0.15) is 37.6 Å². The molecule has 3 rings (SSSR count). The smallest absolute Gasteiger partial charge is 0.125 e. The molecule has 0 saturated carbocycles. The maximum atomic E-state index is 9.12. The second kappa shape index (κ2) is 5.87. The molecule has 1 atom stereocenters. The lowest BCUT2D eigenvalue weighted by Gasteiger charge is -2.32. The zero-order valence-corrected chi connectivity index (χ0v) is 12.8. The molecule has 0 aliphatic carbocycles. The Labute approximate surface area is 126 Å². The van der Waals surface area contributed by atoms with E-state index >= 15 is 0 Å². The van der Waals surface area contributed by atoms with E-state index in [4.69, 9.17) is 10.2 Å². The van der Waals surface area contributed by atoms with Crippen molar-refractivity contribution in [1.29, 1.82) is 5.26 Å². The Morgan fingerprint density at radius 2 is 2.24 bits per heavy atom. The molecule has 110 valence electrons. The van der Waals surface area contributed by atoms with E-state index in [1.165, 1.54) is 24.8 Å². The average molecular weight is 282 g/mol. The Balaban J connectivity index is 1.96.